The second-order valence-electron chi connectivity index (χ2n) is 3.90. The fourth-order valence-corrected chi connectivity index (χ4v) is 1.78. The van der Waals surface area contributed by atoms with E-state index in [0.717, 1.165) is 0 Å². The third-order valence-corrected chi connectivity index (χ3v) is 2.94. The van der Waals surface area contributed by atoms with E-state index in [9.17, 15) is 9.18 Å². The maximum absolute atomic E-state index is 13.7. The van der Waals surface area contributed by atoms with Crippen LogP contribution in [-0.2, 0) is 4.79 Å². The molecule has 0 aliphatic heterocycles. The Bertz CT molecular complexity index is 655. The molecule has 0 unspecified atom stereocenters. The Morgan fingerprint density at radius 3 is 2.68 bits per heavy atom. The van der Waals surface area contributed by atoms with Gasteiger partial charge in [0.25, 0.3) is 9.70 Å². The van der Waals surface area contributed by atoms with Crippen molar-refractivity contribution in [3.63, 3.8) is 0 Å². The molecular weight excluding hydrogens is 314 g/mol. The van der Waals surface area contributed by atoms with Gasteiger partial charge in [-0.15, -0.1) is 0 Å². The number of nitrogens with one attached hydrogen (secondary N) is 1. The van der Waals surface area contributed by atoms with Gasteiger partial charge in [-0.25, -0.2) is 9.37 Å². The summed E-state index contributed by atoms with van der Waals surface area (Å²) in [7, 11) is 0. The minimum atomic E-state index is -2.09. The van der Waals surface area contributed by atoms with Gasteiger partial charge in [-0.05, 0) is 19.1 Å². The van der Waals surface area contributed by atoms with E-state index in [0.29, 0.717) is 16.8 Å². The number of halogens is 4. The van der Waals surface area contributed by atoms with Gasteiger partial charge < -0.3 is 5.32 Å². The Morgan fingerprint density at radius 2 is 2.05 bits per heavy atom. The smallest absolute Gasteiger partial charge is 0.276 e. The summed E-state index contributed by atoms with van der Waals surface area (Å²) >= 11 is 16.5. The van der Waals surface area contributed by atoms with E-state index in [1.54, 1.807) is 19.1 Å². The summed E-state index contributed by atoms with van der Waals surface area (Å²) in [5.74, 6) is -1.29. The topological polar surface area (TPSA) is 42.0 Å². The van der Waals surface area contributed by atoms with Gasteiger partial charge in [0.05, 0.1) is 5.69 Å². The highest BCUT2D eigenvalue weighted by atomic mass is 35.6. The number of benzene rings is 1. The molecule has 1 heterocycles. The number of fused-ring (bicyclic) bond motifs is 1. The predicted octanol–water partition coefficient (Wildman–Crippen LogP) is 3.99. The maximum Gasteiger partial charge on any atom is 0.276 e. The number of para-hydroxylation sites is 1. The largest absolute Gasteiger partial charge is 0.322 e. The normalized spacial score (nSPS) is 11.6. The summed E-state index contributed by atoms with van der Waals surface area (Å²) in [4.78, 5) is 15.7. The average Bonchev–Trinajstić information content (AvgIpc) is 2.29. The fourth-order valence-electron chi connectivity index (χ4n) is 1.64. The van der Waals surface area contributed by atoms with Gasteiger partial charge in [-0.1, -0.05) is 46.9 Å². The van der Waals surface area contributed by atoms with Crippen LogP contribution in [0.1, 0.15) is 5.69 Å². The van der Waals surface area contributed by atoms with Gasteiger partial charge in [0.1, 0.15) is 11.3 Å². The molecule has 1 amide bonds. The van der Waals surface area contributed by atoms with Crippen molar-refractivity contribution in [2.75, 3.05) is 5.32 Å². The van der Waals surface area contributed by atoms with E-state index >= 15 is 0 Å². The molecule has 0 aliphatic carbocycles. The second-order valence-corrected chi connectivity index (χ2v) is 6.18. The highest BCUT2D eigenvalue weighted by molar-refractivity contribution is 6.76. The van der Waals surface area contributed by atoms with Crippen LogP contribution < -0.4 is 5.32 Å². The van der Waals surface area contributed by atoms with E-state index < -0.39 is 15.5 Å². The van der Waals surface area contributed by atoms with E-state index in [4.69, 9.17) is 34.8 Å². The highest BCUT2D eigenvalue weighted by Gasteiger charge is 2.31. The van der Waals surface area contributed by atoms with Crippen LogP contribution in [0.2, 0.25) is 0 Å². The van der Waals surface area contributed by atoms with Crippen molar-refractivity contribution in [1.82, 2.24) is 4.98 Å². The lowest BCUT2D eigenvalue weighted by atomic mass is 10.1. The van der Waals surface area contributed by atoms with Crippen LogP contribution >= 0.6 is 34.8 Å². The molecule has 1 aromatic heterocycles. The molecule has 2 aromatic rings. The van der Waals surface area contributed by atoms with Crippen molar-refractivity contribution in [2.24, 2.45) is 0 Å². The molecule has 3 nitrogen and oxygen atoms in total. The number of carbonyl (C=O) groups is 1. The van der Waals surface area contributed by atoms with Gasteiger partial charge in [0.15, 0.2) is 0 Å². The number of nitrogens with zero attached hydrogens (tertiary/aromatic N) is 1. The second kappa shape index (κ2) is 5.12. The van der Waals surface area contributed by atoms with Gasteiger partial charge in [-0.2, -0.15) is 0 Å². The molecule has 0 fully saturated rings. The molecule has 0 spiro atoms. The Morgan fingerprint density at radius 1 is 1.37 bits per heavy atom. The summed E-state index contributed by atoms with van der Waals surface area (Å²) in [5, 5.41) is 2.89. The highest BCUT2D eigenvalue weighted by Crippen LogP contribution is 2.30. The quantitative estimate of drug-likeness (QED) is 0.807. The zero-order valence-electron chi connectivity index (χ0n) is 9.68. The van der Waals surface area contributed by atoms with E-state index in [1.807, 2.05) is 0 Å². The van der Waals surface area contributed by atoms with Crippen LogP contribution in [-0.4, -0.2) is 14.7 Å². The van der Waals surface area contributed by atoms with Crippen molar-refractivity contribution >= 4 is 57.3 Å². The first kappa shape index (κ1) is 14.3. The minimum Gasteiger partial charge on any atom is -0.322 e. The Hall–Kier alpha value is -1.10. The third kappa shape index (κ3) is 3.08. The molecule has 0 saturated heterocycles. The van der Waals surface area contributed by atoms with Crippen molar-refractivity contribution in [1.29, 1.82) is 0 Å². The van der Waals surface area contributed by atoms with E-state index in [2.05, 4.69) is 10.3 Å². The van der Waals surface area contributed by atoms with Crippen LogP contribution in [0, 0.1) is 12.7 Å². The van der Waals surface area contributed by atoms with Crippen LogP contribution in [0.4, 0.5) is 10.1 Å². The standard InChI is InChI=1S/C12H8Cl3FN2O/c1-6-5-9(18-11(19)12(13,14)15)7-3-2-4-8(16)10(7)17-6/h2-5H,1H3,(H,17,18,19). The van der Waals surface area contributed by atoms with E-state index in [-0.39, 0.29) is 5.52 Å². The van der Waals surface area contributed by atoms with Crippen LogP contribution in [0.3, 0.4) is 0 Å². The number of hydrogen-bond acceptors (Lipinski definition) is 2. The summed E-state index contributed by atoms with van der Waals surface area (Å²) < 4.78 is 11.6. The van der Waals surface area contributed by atoms with Crippen LogP contribution in [0.15, 0.2) is 24.3 Å². The molecule has 7 heteroatoms. The lowest BCUT2D eigenvalue weighted by Crippen LogP contribution is -2.27. The number of hydrogen-bond donors (Lipinski definition) is 1. The van der Waals surface area contributed by atoms with Gasteiger partial charge in [0, 0.05) is 11.1 Å². The van der Waals surface area contributed by atoms with Gasteiger partial charge in [0.2, 0.25) is 0 Å². The molecule has 0 radical (unpaired) electrons. The molecule has 1 N–H and O–H groups in total. The third-order valence-electron chi connectivity index (χ3n) is 2.42. The Balaban J connectivity index is 2.55. The van der Waals surface area contributed by atoms with E-state index in [1.165, 1.54) is 12.1 Å². The number of carbonyl (C=O) groups excluding carboxylic acids is 1. The molecular formula is C12H8Cl3FN2O. The lowest BCUT2D eigenvalue weighted by Gasteiger charge is -2.13. The number of alkyl halides is 3. The Kier molecular flexibility index (Phi) is 3.85. The number of anilines is 1. The van der Waals surface area contributed by atoms with Crippen molar-refractivity contribution < 1.29 is 9.18 Å². The molecule has 2 rings (SSSR count). The zero-order chi connectivity index (χ0) is 14.2. The number of amides is 1. The molecule has 0 saturated carbocycles. The molecule has 1 aromatic carbocycles. The summed E-state index contributed by atoms with van der Waals surface area (Å²) in [6.45, 7) is 1.68. The number of aromatic nitrogens is 1. The molecule has 0 atom stereocenters. The molecule has 0 bridgehead atoms. The average molecular weight is 322 g/mol. The number of rotatable bonds is 1. The minimum absolute atomic E-state index is 0.155. The van der Waals surface area contributed by atoms with Crippen molar-refractivity contribution in [3.8, 4) is 0 Å². The first-order valence-electron chi connectivity index (χ1n) is 5.23. The lowest BCUT2D eigenvalue weighted by molar-refractivity contribution is -0.115. The molecule has 100 valence electrons. The number of aryl methyl sites for hydroxylation is 1. The van der Waals surface area contributed by atoms with Gasteiger partial charge in [-0.3, -0.25) is 4.79 Å². The zero-order valence-corrected chi connectivity index (χ0v) is 11.9. The van der Waals surface area contributed by atoms with Crippen molar-refractivity contribution in [3.05, 3.63) is 35.8 Å². The van der Waals surface area contributed by atoms with Crippen molar-refractivity contribution in [2.45, 2.75) is 10.7 Å². The molecule has 19 heavy (non-hydrogen) atoms. The SMILES string of the molecule is Cc1cc(NC(=O)C(Cl)(Cl)Cl)c2cccc(F)c2n1. The monoisotopic (exact) mass is 320 g/mol. The first-order valence-corrected chi connectivity index (χ1v) is 6.36. The van der Waals surface area contributed by atoms with Crippen LogP contribution in [0.5, 0.6) is 0 Å². The summed E-state index contributed by atoms with van der Waals surface area (Å²) in [6.07, 6.45) is 0. The Labute approximate surface area is 123 Å². The summed E-state index contributed by atoms with van der Waals surface area (Å²) in [6, 6.07) is 6.00. The van der Waals surface area contributed by atoms with Gasteiger partial charge >= 0.3 is 0 Å². The fraction of sp³-hybridized carbons (Fsp3) is 0.167. The van der Waals surface area contributed by atoms with Crippen LogP contribution in [0.25, 0.3) is 10.9 Å². The maximum atomic E-state index is 13.7. The molecule has 0 aliphatic rings. The summed E-state index contributed by atoms with van der Waals surface area (Å²) in [5.41, 5.74) is 1.04. The number of pyridine rings is 1. The first-order chi connectivity index (χ1) is 8.79. The predicted molar refractivity (Wildman–Crippen MR) is 75.4 cm³/mol.